The summed E-state index contributed by atoms with van der Waals surface area (Å²) in [4.78, 5) is 47.1. The number of hydrogen-bond acceptors (Lipinski definition) is 12. The van der Waals surface area contributed by atoms with Crippen LogP contribution in [0, 0.1) is 0 Å². The quantitative estimate of drug-likeness (QED) is 0.0569. The van der Waals surface area contributed by atoms with Gasteiger partial charge in [0.15, 0.2) is 11.6 Å². The molecule has 0 spiro atoms. The molecule has 3 N–H and O–H groups in total. The molecule has 0 aliphatic carbocycles. The van der Waals surface area contributed by atoms with Gasteiger partial charge in [-0.25, -0.2) is 9.59 Å². The molecule has 1 saturated heterocycles. The zero-order valence-electron chi connectivity index (χ0n) is 35.0. The zero-order chi connectivity index (χ0) is 42.1. The van der Waals surface area contributed by atoms with Crippen molar-refractivity contribution in [3.63, 3.8) is 0 Å². The molecule has 3 heterocycles. The zero-order valence-corrected chi connectivity index (χ0v) is 35.0. The van der Waals surface area contributed by atoms with Gasteiger partial charge in [-0.3, -0.25) is 9.78 Å². The van der Waals surface area contributed by atoms with Gasteiger partial charge in [-0.1, -0.05) is 24.6 Å². The number of ether oxygens (including phenoxy) is 5. The van der Waals surface area contributed by atoms with Crippen molar-refractivity contribution in [3.05, 3.63) is 90.0 Å². The second kappa shape index (κ2) is 22.0. The SMILES string of the molecule is CCOC(=O)COCCOCCCCCCOc1cccc([C@H](C)NC(=O)c2cccc(NC3(c4nnc(-c5ccncc5)[nH]4)CCN(C(=O)OC(C)(C)C)CC3)c2)c1. The lowest BCUT2D eigenvalue weighted by atomic mass is 9.86. The number of aromatic amines is 1. The molecule has 59 heavy (non-hydrogen) atoms. The number of hydrogen-bond donors (Lipinski definition) is 3. The van der Waals surface area contributed by atoms with Crippen LogP contribution in [0.25, 0.3) is 11.4 Å². The average molecular weight is 814 g/mol. The first-order chi connectivity index (χ1) is 28.4. The summed E-state index contributed by atoms with van der Waals surface area (Å²) in [5.74, 6) is 1.42. The van der Waals surface area contributed by atoms with Crippen LogP contribution in [0.1, 0.15) is 101 Å². The van der Waals surface area contributed by atoms with Crippen molar-refractivity contribution in [2.45, 2.75) is 90.3 Å². The third-order valence-electron chi connectivity index (χ3n) is 9.73. The summed E-state index contributed by atoms with van der Waals surface area (Å²) < 4.78 is 27.3. The van der Waals surface area contributed by atoms with Crippen molar-refractivity contribution >= 4 is 23.7 Å². The number of carbonyl (C=O) groups excluding carboxylic acids is 3. The van der Waals surface area contributed by atoms with Gasteiger partial charge < -0.3 is 44.2 Å². The van der Waals surface area contributed by atoms with E-state index in [0.29, 0.717) is 76.2 Å². The number of unbranched alkanes of at least 4 members (excludes halogenated alkanes) is 3. The van der Waals surface area contributed by atoms with E-state index in [9.17, 15) is 14.4 Å². The molecule has 15 nitrogen and oxygen atoms in total. The van der Waals surface area contributed by atoms with Crippen LogP contribution >= 0.6 is 0 Å². The van der Waals surface area contributed by atoms with Crippen molar-refractivity contribution in [2.24, 2.45) is 0 Å². The van der Waals surface area contributed by atoms with Gasteiger partial charge in [0, 0.05) is 48.9 Å². The molecule has 4 aromatic rings. The van der Waals surface area contributed by atoms with E-state index >= 15 is 0 Å². The number of esters is 1. The minimum absolute atomic E-state index is 0.0503. The Morgan fingerprint density at radius 1 is 0.881 bits per heavy atom. The Labute approximate surface area is 346 Å². The van der Waals surface area contributed by atoms with E-state index in [4.69, 9.17) is 23.7 Å². The fourth-order valence-corrected chi connectivity index (χ4v) is 6.61. The summed E-state index contributed by atoms with van der Waals surface area (Å²) in [6.07, 6.45) is 7.99. The molecule has 318 valence electrons. The molecular weight excluding hydrogens is 755 g/mol. The molecule has 1 aliphatic heterocycles. The fourth-order valence-electron chi connectivity index (χ4n) is 6.61. The Hall–Kier alpha value is -5.54. The maximum atomic E-state index is 13.6. The molecule has 0 bridgehead atoms. The molecule has 0 radical (unpaired) electrons. The first-order valence-electron chi connectivity index (χ1n) is 20.5. The largest absolute Gasteiger partial charge is 0.494 e. The van der Waals surface area contributed by atoms with Crippen LogP contribution in [0.15, 0.2) is 73.1 Å². The Morgan fingerprint density at radius 3 is 2.36 bits per heavy atom. The number of anilines is 1. The number of nitrogens with zero attached hydrogens (tertiary/aromatic N) is 4. The van der Waals surface area contributed by atoms with E-state index in [0.717, 1.165) is 48.2 Å². The molecule has 15 heteroatoms. The smallest absolute Gasteiger partial charge is 0.410 e. The standard InChI is InChI=1S/C44H59N7O8/c1-6-57-38(52)31-56-28-27-55-25-9-7-8-10-26-58-37-16-12-13-34(30-37)32(2)46-40(53)35-14-11-15-36(29-35)48-44(19-23-51(24-20-44)42(54)59-43(3,4)5)41-47-39(49-50-41)33-17-21-45-22-18-33/h11-18,21-22,29-30,32,48H,6-10,19-20,23-28,31H2,1-5H3,(H,46,53)(H,47,49,50)/t32-/m0/s1. The molecule has 5 rings (SSSR count). The summed E-state index contributed by atoms with van der Waals surface area (Å²) >= 11 is 0. The highest BCUT2D eigenvalue weighted by atomic mass is 16.6. The van der Waals surface area contributed by atoms with Gasteiger partial charge in [0.05, 0.1) is 32.5 Å². The fraction of sp³-hybridized carbons (Fsp3) is 0.500. The van der Waals surface area contributed by atoms with Gasteiger partial charge in [-0.2, -0.15) is 0 Å². The Kier molecular flexibility index (Phi) is 16.6. The second-order valence-corrected chi connectivity index (χ2v) is 15.5. The lowest BCUT2D eigenvalue weighted by molar-refractivity contribution is -0.148. The highest BCUT2D eigenvalue weighted by molar-refractivity contribution is 5.95. The number of carbonyl (C=O) groups is 3. The summed E-state index contributed by atoms with van der Waals surface area (Å²) in [6.45, 7) is 12.5. The summed E-state index contributed by atoms with van der Waals surface area (Å²) in [7, 11) is 0. The second-order valence-electron chi connectivity index (χ2n) is 15.5. The summed E-state index contributed by atoms with van der Waals surface area (Å²) in [6, 6.07) is 18.6. The van der Waals surface area contributed by atoms with E-state index in [1.54, 1.807) is 30.3 Å². The number of rotatable bonds is 21. The molecule has 0 unspecified atom stereocenters. The third-order valence-corrected chi connectivity index (χ3v) is 9.73. The normalized spacial score (nSPS) is 14.3. The van der Waals surface area contributed by atoms with E-state index in [1.165, 1.54) is 0 Å². The van der Waals surface area contributed by atoms with Gasteiger partial charge in [0.2, 0.25) is 0 Å². The van der Waals surface area contributed by atoms with Crippen molar-refractivity contribution in [3.8, 4) is 17.1 Å². The molecule has 1 atom stereocenters. The number of aromatic nitrogens is 4. The van der Waals surface area contributed by atoms with Crippen molar-refractivity contribution in [2.75, 3.05) is 58.0 Å². The van der Waals surface area contributed by atoms with E-state index in [-0.39, 0.29) is 30.6 Å². The van der Waals surface area contributed by atoms with Gasteiger partial charge in [-0.05, 0) is 115 Å². The number of pyridine rings is 1. The van der Waals surface area contributed by atoms with E-state index in [2.05, 4.69) is 30.8 Å². The summed E-state index contributed by atoms with van der Waals surface area (Å²) in [5, 5.41) is 15.8. The molecule has 1 fully saturated rings. The molecule has 2 amide bonds. The first-order valence-corrected chi connectivity index (χ1v) is 20.5. The maximum absolute atomic E-state index is 13.6. The van der Waals surface area contributed by atoms with E-state index < -0.39 is 11.1 Å². The van der Waals surface area contributed by atoms with Gasteiger partial charge in [0.25, 0.3) is 5.91 Å². The van der Waals surface area contributed by atoms with Crippen LogP contribution in [0.4, 0.5) is 10.5 Å². The maximum Gasteiger partial charge on any atom is 0.410 e. The Morgan fingerprint density at radius 2 is 1.61 bits per heavy atom. The topological polar surface area (TPSA) is 179 Å². The van der Waals surface area contributed by atoms with E-state index in [1.807, 2.05) is 82.3 Å². The number of piperidine rings is 1. The van der Waals surface area contributed by atoms with Crippen molar-refractivity contribution in [1.82, 2.24) is 30.4 Å². The number of likely N-dealkylation sites (tertiary alicyclic amines) is 1. The third kappa shape index (κ3) is 14.1. The van der Waals surface area contributed by atoms with Crippen molar-refractivity contribution < 1.29 is 38.1 Å². The monoisotopic (exact) mass is 813 g/mol. The number of benzene rings is 2. The minimum Gasteiger partial charge on any atom is -0.494 e. The summed E-state index contributed by atoms with van der Waals surface area (Å²) in [5.41, 5.74) is 1.70. The minimum atomic E-state index is -0.710. The van der Waals surface area contributed by atoms with Crippen LogP contribution in [-0.4, -0.2) is 101 Å². The lowest BCUT2D eigenvalue weighted by Gasteiger charge is -2.41. The van der Waals surface area contributed by atoms with Gasteiger partial charge in [-0.15, -0.1) is 10.2 Å². The average Bonchev–Trinajstić information content (AvgIpc) is 3.73. The highest BCUT2D eigenvalue weighted by Crippen LogP contribution is 2.36. The number of amides is 2. The van der Waals surface area contributed by atoms with Gasteiger partial charge >= 0.3 is 12.1 Å². The van der Waals surface area contributed by atoms with Crippen LogP contribution in [0.5, 0.6) is 5.75 Å². The van der Waals surface area contributed by atoms with Crippen LogP contribution < -0.4 is 15.4 Å². The first kappa shape index (κ1) is 44.6. The highest BCUT2D eigenvalue weighted by Gasteiger charge is 2.41. The Bertz CT molecular complexity index is 1930. The van der Waals surface area contributed by atoms with Gasteiger partial charge in [0.1, 0.15) is 23.5 Å². The molecule has 0 saturated carbocycles. The van der Waals surface area contributed by atoms with Crippen molar-refractivity contribution in [1.29, 1.82) is 0 Å². The predicted molar refractivity (Wildman–Crippen MR) is 223 cm³/mol. The molecular formula is C44H59N7O8. The Balaban J connectivity index is 1.12. The number of nitrogens with one attached hydrogen (secondary N) is 3. The number of H-pyrrole nitrogens is 1. The predicted octanol–water partition coefficient (Wildman–Crippen LogP) is 7.23. The molecule has 1 aliphatic rings. The van der Waals surface area contributed by atoms with Crippen LogP contribution in [0.3, 0.4) is 0 Å². The van der Waals surface area contributed by atoms with Crippen LogP contribution in [-0.2, 0) is 29.3 Å². The lowest BCUT2D eigenvalue weighted by Crippen LogP contribution is -2.50. The molecule has 2 aromatic carbocycles. The van der Waals surface area contributed by atoms with Crippen LogP contribution in [0.2, 0.25) is 0 Å². The molecule has 2 aromatic heterocycles.